The molecule has 4 rings (SSSR count). The summed E-state index contributed by atoms with van der Waals surface area (Å²) < 4.78 is 52.3. The molecule has 0 bridgehead atoms. The van der Waals surface area contributed by atoms with E-state index in [0.717, 1.165) is 17.5 Å². The van der Waals surface area contributed by atoms with Crippen LogP contribution in [0.4, 0.5) is 16.2 Å². The van der Waals surface area contributed by atoms with Gasteiger partial charge in [-0.25, -0.2) is 4.79 Å². The molecule has 19 N–H and O–H groups in total. The van der Waals surface area contributed by atoms with E-state index < -0.39 is 118 Å². The van der Waals surface area contributed by atoms with Crippen molar-refractivity contribution in [3.8, 4) is 0 Å². The first-order valence-electron chi connectivity index (χ1n) is 39.7. The molecule has 120 heavy (non-hydrogen) atoms. The minimum absolute atomic E-state index is 0.0177. The number of nitrogens with one attached hydrogen (secondary N) is 13. The maximum absolute atomic E-state index is 14.4. The number of anilines is 2. The van der Waals surface area contributed by atoms with Crippen LogP contribution in [0.3, 0.4) is 0 Å². The van der Waals surface area contributed by atoms with E-state index in [-0.39, 0.29) is 213 Å². The van der Waals surface area contributed by atoms with Crippen molar-refractivity contribution in [2.75, 3.05) is 109 Å². The molecular formula is C77H115N15O26P2+2. The number of hydrogen-bond donors (Lipinski definition) is 18. The van der Waals surface area contributed by atoms with E-state index in [1.807, 2.05) is 19.1 Å². The first kappa shape index (κ1) is 102. The fourth-order valence-electron chi connectivity index (χ4n) is 11.8. The summed E-state index contributed by atoms with van der Waals surface area (Å²) in [5, 5.41) is 54.7. The number of carboxylic acid groups (broad SMARTS) is 1. The fourth-order valence-corrected chi connectivity index (χ4v) is 12.6. The Balaban J connectivity index is 1.06. The van der Waals surface area contributed by atoms with Crippen LogP contribution >= 0.6 is 16.5 Å². The average molecular weight is 1730 g/mol. The summed E-state index contributed by atoms with van der Waals surface area (Å²) >= 11 is 0. The molecule has 1 aliphatic rings. The van der Waals surface area contributed by atoms with Crippen molar-refractivity contribution in [2.24, 2.45) is 5.73 Å². The SMILES string of the molecule is Cc1ccccc1NC(=O)Nc1ccc(CC(=O)N[C@@H](CCCCNC(=O)/C=C/c2cccnc2)C(=O)N[C@@H](CCCC(=O)O)C(=O)NC2(C(=O)NCCOCCOCCNC(=O)CCC(=O)NCCOCCOCCNC(=O)CCC(=O)N[C@@H](CCCCNC(=O)CCC(=O)NCCCC(O)(O[P+](=O)O)O[P+](=O)O)C(N)=O)CCCCC2)cc1. The number of urea groups is 1. The van der Waals surface area contributed by atoms with Crippen molar-refractivity contribution >= 4 is 117 Å². The van der Waals surface area contributed by atoms with Crippen LogP contribution < -0.4 is 74.9 Å². The zero-order valence-corrected chi connectivity index (χ0v) is 69.2. The lowest BCUT2D eigenvalue weighted by Crippen LogP contribution is -2.63. The number of hydrogen-bond acceptors (Lipinski definition) is 24. The molecule has 43 heteroatoms. The number of nitrogens with two attached hydrogens (primary N) is 1. The number of unbranched alkanes of at least 4 members (excludes halogenated alkanes) is 2. The van der Waals surface area contributed by atoms with Crippen LogP contribution in [-0.4, -0.2) is 236 Å². The van der Waals surface area contributed by atoms with Gasteiger partial charge in [-0.1, -0.05) is 55.7 Å². The summed E-state index contributed by atoms with van der Waals surface area (Å²) in [7, 11) is -6.77. The number of aryl methyl sites for hydroxylation is 1. The van der Waals surface area contributed by atoms with Crippen molar-refractivity contribution in [3.05, 3.63) is 95.8 Å². The highest BCUT2D eigenvalue weighted by atomic mass is 31.1. The topological polar surface area (TPSA) is 605 Å². The third-order valence-electron chi connectivity index (χ3n) is 18.0. The van der Waals surface area contributed by atoms with Gasteiger partial charge in [0.2, 0.25) is 70.9 Å². The molecule has 662 valence electrons. The Morgan fingerprint density at radius 1 is 0.517 bits per heavy atom. The number of rotatable bonds is 63. The van der Waals surface area contributed by atoms with Crippen molar-refractivity contribution in [3.63, 3.8) is 0 Å². The largest absolute Gasteiger partial charge is 0.700 e. The molecule has 1 fully saturated rings. The molecular weight excluding hydrogens is 1610 g/mol. The van der Waals surface area contributed by atoms with Crippen molar-refractivity contribution in [2.45, 2.75) is 184 Å². The van der Waals surface area contributed by atoms with Gasteiger partial charge in [0.25, 0.3) is 0 Å². The fraction of sp³-hybridized carbons (Fsp3) is 0.571. The van der Waals surface area contributed by atoms with Gasteiger partial charge in [-0.05, 0) is 134 Å². The van der Waals surface area contributed by atoms with Crippen molar-refractivity contribution in [1.29, 1.82) is 0 Å². The summed E-state index contributed by atoms with van der Waals surface area (Å²) in [5.41, 5.74) is 7.33. The minimum Gasteiger partial charge on any atom is -0.481 e. The minimum atomic E-state index is -3.39. The molecule has 1 aromatic heterocycles. The standard InChI is InChI=1S/C77H113N15O26P2/c1-54-14-3-4-16-58(54)91-75(107)87-57-24-21-55(22-25-57)52-69(100)89-60(18-6-10-38-80-62(93)26-23-56-15-12-36-79-53-56)72(104)90-61(19-11-20-70(101)102)73(105)92-76(33-7-2-8-34-76)74(106)86-43-47-116-51-50-115-45-41-84-66(97)30-29-65(96)83-40-44-113-48-49-114-46-42-85-67(98)31-32-68(99)88-59(71(78)103)17-5-9-37-81-63(94)27-28-64(95)82-39-13-35-77(108,117-119(109)110)118-120(111)112/h3-4,12,14-16,21-26,36,53,59-61,108H,2,5-11,13,17-20,27-35,37-52H2,1H3,(H16-2,78,80,81,82,83,84,85,86,87,88,89,90,91,92,93,94,95,96,97,98,99,100,101,102,103,104,105,106,107,109,110,111,112)/p+2/b26-23+/t59-,60-,61-/m0/s1. The molecule has 0 radical (unpaired) electrons. The molecule has 41 nitrogen and oxygen atoms in total. The summed E-state index contributed by atoms with van der Waals surface area (Å²) in [6, 6.07) is 13.4. The molecule has 1 aliphatic carbocycles. The van der Waals surface area contributed by atoms with Crippen LogP contribution in [0.2, 0.25) is 0 Å². The van der Waals surface area contributed by atoms with E-state index in [9.17, 15) is 86.5 Å². The lowest BCUT2D eigenvalue weighted by atomic mass is 9.80. The second kappa shape index (κ2) is 59.3. The third kappa shape index (κ3) is 46.8. The van der Waals surface area contributed by atoms with Gasteiger partial charge in [0.15, 0.2) is 0 Å². The highest BCUT2D eigenvalue weighted by Gasteiger charge is 2.48. The number of aliphatic carboxylic acids is 1. The normalized spacial score (nSPS) is 13.7. The predicted molar refractivity (Wildman–Crippen MR) is 433 cm³/mol. The number of para-hydroxylation sites is 1. The Hall–Kier alpha value is -10.4. The molecule has 5 atom stereocenters. The maximum Gasteiger partial charge on any atom is 0.700 e. The van der Waals surface area contributed by atoms with Crippen molar-refractivity contribution < 1.29 is 124 Å². The predicted octanol–water partition coefficient (Wildman–Crippen LogP) is 1.62. The zero-order valence-electron chi connectivity index (χ0n) is 67.4. The van der Waals surface area contributed by atoms with Gasteiger partial charge < -0.3 is 104 Å². The van der Waals surface area contributed by atoms with Crippen LogP contribution in [0.1, 0.15) is 158 Å². The number of primary amides is 1. The Bertz CT molecular complexity index is 3810. The Kier molecular flexibility index (Phi) is 50.3. The first-order chi connectivity index (χ1) is 57.5. The van der Waals surface area contributed by atoms with Gasteiger partial charge in [-0.3, -0.25) is 67.3 Å². The Morgan fingerprint density at radius 2 is 1.00 bits per heavy atom. The van der Waals surface area contributed by atoms with Gasteiger partial charge >= 0.3 is 34.5 Å². The number of ether oxygens (including phenoxy) is 4. The maximum atomic E-state index is 14.4. The van der Waals surface area contributed by atoms with Crippen LogP contribution in [0, 0.1) is 6.92 Å². The number of carboxylic acids is 1. The van der Waals surface area contributed by atoms with Gasteiger partial charge in [-0.2, -0.15) is 0 Å². The number of benzene rings is 2. The average Bonchev–Trinajstić information content (AvgIpc) is 0.805. The van der Waals surface area contributed by atoms with E-state index in [0.29, 0.717) is 55.5 Å². The van der Waals surface area contributed by atoms with Gasteiger partial charge in [0.1, 0.15) is 23.7 Å². The second-order valence-electron chi connectivity index (χ2n) is 27.7. The van der Waals surface area contributed by atoms with Gasteiger partial charge in [0, 0.05) is 136 Å². The highest BCUT2D eigenvalue weighted by Crippen LogP contribution is 2.36. The first-order valence-corrected chi connectivity index (χ1v) is 41.9. The monoisotopic (exact) mass is 1730 g/mol. The van der Waals surface area contributed by atoms with Gasteiger partial charge in [-0.15, -0.1) is 9.79 Å². The number of carbonyl (C=O) groups excluding carboxylic acids is 13. The van der Waals surface area contributed by atoms with E-state index in [1.165, 1.54) is 6.08 Å². The Morgan fingerprint density at radius 3 is 1.52 bits per heavy atom. The van der Waals surface area contributed by atoms with Crippen LogP contribution in [0.25, 0.3) is 6.08 Å². The molecule has 3 aromatic rings. The van der Waals surface area contributed by atoms with E-state index in [2.05, 4.69) is 83.1 Å². The third-order valence-corrected chi connectivity index (χ3v) is 18.9. The number of carbonyl (C=O) groups is 14. The van der Waals surface area contributed by atoms with E-state index in [4.69, 9.17) is 34.5 Å². The number of aliphatic hydroxyl groups is 1. The molecule has 0 aliphatic heterocycles. The second-order valence-corrected chi connectivity index (χ2v) is 29.0. The summed E-state index contributed by atoms with van der Waals surface area (Å²) in [4.78, 5) is 201. The van der Waals surface area contributed by atoms with Gasteiger partial charge in [0.05, 0.1) is 59.3 Å². The zero-order chi connectivity index (χ0) is 87.8. The quantitative estimate of drug-likeness (QED) is 0.0165. The number of nitrogens with zero attached hydrogens (tertiary/aromatic N) is 1. The van der Waals surface area contributed by atoms with Crippen LogP contribution in [0.5, 0.6) is 0 Å². The van der Waals surface area contributed by atoms with Crippen molar-refractivity contribution in [1.82, 2.24) is 63.5 Å². The lowest BCUT2D eigenvalue weighted by Gasteiger charge is -2.38. The van der Waals surface area contributed by atoms with Crippen LogP contribution in [-0.2, 0) is 106 Å². The number of amides is 14. The van der Waals surface area contributed by atoms with Crippen LogP contribution in [0.15, 0.2) is 79.1 Å². The lowest BCUT2D eigenvalue weighted by molar-refractivity contribution is -0.277. The van der Waals surface area contributed by atoms with E-state index in [1.54, 1.807) is 67.0 Å². The van der Waals surface area contributed by atoms with E-state index >= 15 is 0 Å². The summed E-state index contributed by atoms with van der Waals surface area (Å²) in [6.45, 7) is 3.86. The molecule has 0 spiro atoms. The summed E-state index contributed by atoms with van der Waals surface area (Å²) in [6.07, 6.45) is 8.23. The molecule has 1 saturated carbocycles. The molecule has 1 heterocycles. The molecule has 2 aromatic carbocycles. The number of aromatic nitrogens is 1. The smallest absolute Gasteiger partial charge is 0.481 e. The highest BCUT2D eigenvalue weighted by molar-refractivity contribution is 7.33. The molecule has 2 unspecified atom stereocenters. The number of pyridine rings is 1. The molecule has 14 amide bonds. The summed E-state index contributed by atoms with van der Waals surface area (Å²) in [5.74, 6) is -10.3. The Labute approximate surface area is 696 Å². The molecule has 0 saturated heterocycles.